The topological polar surface area (TPSA) is 34.0 Å². The van der Waals surface area contributed by atoms with Crippen molar-refractivity contribution in [2.45, 2.75) is 6.67 Å². The molecule has 1 aromatic carbocycles. The van der Waals surface area contributed by atoms with Gasteiger partial charge in [0, 0.05) is 19.6 Å². The number of nitrogens with zero attached hydrogens (tertiary/aromatic N) is 5. The molecule has 0 aliphatic carbocycles. The second-order valence-electron chi connectivity index (χ2n) is 5.57. The normalized spacial score (nSPS) is 29.4. The first-order valence-corrected chi connectivity index (χ1v) is 6.70. The molecule has 3 aliphatic heterocycles. The van der Waals surface area contributed by atoms with Crippen molar-refractivity contribution in [3.05, 3.63) is 24.3 Å². The Morgan fingerprint density at radius 1 is 1.05 bits per heavy atom. The maximum absolute atomic E-state index is 4.34. The molecule has 6 heteroatoms. The van der Waals surface area contributed by atoms with E-state index < -0.39 is 0 Å². The van der Waals surface area contributed by atoms with Crippen LogP contribution in [0.2, 0.25) is 0 Å². The van der Waals surface area contributed by atoms with Gasteiger partial charge >= 0.3 is 0 Å². The molecule has 3 fully saturated rings. The highest BCUT2D eigenvalue weighted by Gasteiger charge is 2.38. The van der Waals surface area contributed by atoms with Crippen LogP contribution in [0.3, 0.4) is 0 Å². The maximum Gasteiger partial charge on any atom is 0.177 e. The first-order chi connectivity index (χ1) is 8.85. The molecule has 0 amide bonds. The van der Waals surface area contributed by atoms with E-state index in [4.69, 9.17) is 0 Å². The summed E-state index contributed by atoms with van der Waals surface area (Å²) in [5.41, 5.74) is 2.17. The van der Waals surface area contributed by atoms with Gasteiger partial charge in [-0.3, -0.25) is 4.90 Å². The predicted molar refractivity (Wildman–Crippen MR) is 68.8 cm³/mol. The lowest BCUT2D eigenvalue weighted by molar-refractivity contribution is -0.961. The largest absolute Gasteiger partial charge is 1.00 e. The highest BCUT2D eigenvalue weighted by molar-refractivity contribution is 5.73. The molecule has 0 unspecified atom stereocenters. The molecular weight excluding hydrogens is 353 g/mol. The van der Waals surface area contributed by atoms with Crippen molar-refractivity contribution in [1.29, 1.82) is 0 Å². The minimum atomic E-state index is 0. The van der Waals surface area contributed by atoms with Gasteiger partial charge in [-0.1, -0.05) is 17.3 Å². The number of halogens is 1. The Kier molecular flexibility index (Phi) is 3.48. The Bertz CT molecular complexity index is 559. The van der Waals surface area contributed by atoms with Crippen molar-refractivity contribution < 1.29 is 28.5 Å². The van der Waals surface area contributed by atoms with E-state index in [-0.39, 0.29) is 24.0 Å². The van der Waals surface area contributed by atoms with Crippen LogP contribution in [0, 0.1) is 0 Å². The Morgan fingerprint density at radius 3 is 2.47 bits per heavy atom. The van der Waals surface area contributed by atoms with Crippen molar-refractivity contribution in [3.63, 3.8) is 0 Å². The first kappa shape index (κ1) is 13.3. The Labute approximate surface area is 129 Å². The summed E-state index contributed by atoms with van der Waals surface area (Å²) in [5, 5.41) is 8.59. The summed E-state index contributed by atoms with van der Waals surface area (Å²) in [6.45, 7) is 8.48. The summed E-state index contributed by atoms with van der Waals surface area (Å²) in [5.74, 6) is 0. The van der Waals surface area contributed by atoms with Crippen LogP contribution >= 0.6 is 0 Å². The molecule has 0 saturated carbocycles. The van der Waals surface area contributed by atoms with Gasteiger partial charge in [0.1, 0.15) is 5.52 Å². The molecule has 0 N–H and O–H groups in total. The molecule has 5 nitrogen and oxygen atoms in total. The zero-order chi connectivity index (χ0) is 12.0. The number of piperazine rings is 3. The average Bonchev–Trinajstić information content (AvgIpc) is 2.84. The van der Waals surface area contributed by atoms with Gasteiger partial charge in [-0.05, 0) is 12.1 Å². The smallest absolute Gasteiger partial charge is 0.177 e. The third-order valence-corrected chi connectivity index (χ3v) is 4.53. The van der Waals surface area contributed by atoms with E-state index in [1.807, 2.05) is 12.1 Å². The van der Waals surface area contributed by atoms with Crippen molar-refractivity contribution in [2.24, 2.45) is 0 Å². The molecule has 19 heavy (non-hydrogen) atoms. The quantitative estimate of drug-likeness (QED) is 0.434. The number of fused-ring (bicyclic) bond motifs is 4. The minimum Gasteiger partial charge on any atom is -1.00 e. The van der Waals surface area contributed by atoms with Gasteiger partial charge in [0.15, 0.2) is 6.67 Å². The SMILES string of the molecule is [I-].c1ccc2c(c1)nnn2C[N+]12CCN(CC1)CC2. The number of hydrogen-bond acceptors (Lipinski definition) is 3. The van der Waals surface area contributed by atoms with E-state index in [0.29, 0.717) is 0 Å². The lowest BCUT2D eigenvalue weighted by Crippen LogP contribution is -3.00. The summed E-state index contributed by atoms with van der Waals surface area (Å²) < 4.78 is 3.28. The maximum atomic E-state index is 4.34. The van der Waals surface area contributed by atoms with Gasteiger partial charge in [-0.25, -0.2) is 0 Å². The van der Waals surface area contributed by atoms with Crippen molar-refractivity contribution in [3.8, 4) is 0 Å². The van der Waals surface area contributed by atoms with E-state index in [0.717, 1.165) is 17.7 Å². The van der Waals surface area contributed by atoms with E-state index in [9.17, 15) is 0 Å². The molecule has 102 valence electrons. The number of aromatic nitrogens is 3. The van der Waals surface area contributed by atoms with E-state index in [1.54, 1.807) is 0 Å². The summed E-state index contributed by atoms with van der Waals surface area (Å²) >= 11 is 0. The predicted octanol–water partition coefficient (Wildman–Crippen LogP) is -2.46. The Morgan fingerprint density at radius 2 is 1.74 bits per heavy atom. The molecule has 2 aromatic rings. The molecule has 0 radical (unpaired) electrons. The highest BCUT2D eigenvalue weighted by Crippen LogP contribution is 2.22. The molecule has 0 atom stereocenters. The third kappa shape index (κ3) is 2.25. The van der Waals surface area contributed by atoms with Gasteiger partial charge in [0.05, 0.1) is 25.2 Å². The van der Waals surface area contributed by atoms with Crippen LogP contribution in [0.5, 0.6) is 0 Å². The zero-order valence-electron chi connectivity index (χ0n) is 10.9. The van der Waals surface area contributed by atoms with Crippen molar-refractivity contribution >= 4 is 11.0 Å². The molecule has 1 aromatic heterocycles. The number of benzene rings is 1. The van der Waals surface area contributed by atoms with Crippen LogP contribution in [0.25, 0.3) is 11.0 Å². The fraction of sp³-hybridized carbons (Fsp3) is 0.538. The van der Waals surface area contributed by atoms with Crippen molar-refractivity contribution in [1.82, 2.24) is 19.9 Å². The molecular formula is C13H18IN5. The van der Waals surface area contributed by atoms with E-state index >= 15 is 0 Å². The number of hydrogen-bond donors (Lipinski definition) is 0. The number of quaternary nitrogens is 1. The van der Waals surface area contributed by atoms with Crippen LogP contribution in [0.4, 0.5) is 0 Å². The van der Waals surface area contributed by atoms with Crippen molar-refractivity contribution in [2.75, 3.05) is 39.3 Å². The number of para-hydroxylation sites is 1. The van der Waals surface area contributed by atoms with Gasteiger partial charge in [-0.2, -0.15) is 4.68 Å². The highest BCUT2D eigenvalue weighted by atomic mass is 127. The fourth-order valence-electron chi connectivity index (χ4n) is 3.25. The lowest BCUT2D eigenvalue weighted by Gasteiger charge is -2.50. The summed E-state index contributed by atoms with van der Waals surface area (Å²) in [6.07, 6.45) is 0. The molecule has 3 saturated heterocycles. The molecule has 2 bridgehead atoms. The molecule has 4 heterocycles. The lowest BCUT2D eigenvalue weighted by atomic mass is 10.2. The molecule has 0 spiro atoms. The summed E-state index contributed by atoms with van der Waals surface area (Å²) in [6, 6.07) is 8.24. The standard InChI is InChI=1S/C13H18N5.HI/c1-2-4-13-12(3-1)14-15-17(13)11-18-8-5-16(6-9-18)7-10-18;/h1-4H,5-11H2;1H/q+1;/p-1. The first-order valence-electron chi connectivity index (χ1n) is 6.70. The average molecular weight is 371 g/mol. The number of rotatable bonds is 2. The van der Waals surface area contributed by atoms with Gasteiger partial charge in [0.25, 0.3) is 0 Å². The van der Waals surface area contributed by atoms with Crippen LogP contribution < -0.4 is 24.0 Å². The molecule has 5 rings (SSSR count). The van der Waals surface area contributed by atoms with E-state index in [1.165, 1.54) is 43.8 Å². The zero-order valence-corrected chi connectivity index (χ0v) is 13.0. The Balaban J connectivity index is 0.00000110. The van der Waals surface area contributed by atoms with Gasteiger partial charge in [0.2, 0.25) is 0 Å². The van der Waals surface area contributed by atoms with Gasteiger partial charge < -0.3 is 28.5 Å². The van der Waals surface area contributed by atoms with Gasteiger partial charge in [-0.15, -0.1) is 5.10 Å². The Hall–Kier alpha value is -0.730. The monoisotopic (exact) mass is 371 g/mol. The summed E-state index contributed by atoms with van der Waals surface area (Å²) in [4.78, 5) is 2.57. The second kappa shape index (κ2) is 4.99. The van der Waals surface area contributed by atoms with E-state index in [2.05, 4.69) is 32.0 Å². The second-order valence-corrected chi connectivity index (χ2v) is 5.57. The fourth-order valence-corrected chi connectivity index (χ4v) is 3.25. The third-order valence-electron chi connectivity index (χ3n) is 4.53. The minimum absolute atomic E-state index is 0. The van der Waals surface area contributed by atoms with Crippen LogP contribution in [0.1, 0.15) is 0 Å². The summed E-state index contributed by atoms with van der Waals surface area (Å²) in [7, 11) is 0. The van der Waals surface area contributed by atoms with Crippen LogP contribution in [-0.2, 0) is 6.67 Å². The molecule has 3 aliphatic rings. The van der Waals surface area contributed by atoms with Crippen LogP contribution in [-0.4, -0.2) is 63.6 Å². The van der Waals surface area contributed by atoms with Crippen LogP contribution in [0.15, 0.2) is 24.3 Å².